The van der Waals surface area contributed by atoms with E-state index in [2.05, 4.69) is 96.3 Å². The third-order valence-corrected chi connectivity index (χ3v) is 11.5. The Morgan fingerprint density at radius 2 is 1.19 bits per heavy atom. The van der Waals surface area contributed by atoms with Crippen molar-refractivity contribution in [2.75, 3.05) is 19.0 Å². The summed E-state index contributed by atoms with van der Waals surface area (Å²) in [6.07, 6.45) is 6.90. The Hall–Kier alpha value is -3.71. The zero-order valence-corrected chi connectivity index (χ0v) is 26.1. The highest BCUT2D eigenvalue weighted by Gasteiger charge is 2.44. The van der Waals surface area contributed by atoms with Crippen molar-refractivity contribution in [1.82, 2.24) is 5.32 Å². The lowest BCUT2D eigenvalue weighted by Crippen LogP contribution is -2.33. The Morgan fingerprint density at radius 3 is 1.65 bits per heavy atom. The van der Waals surface area contributed by atoms with Crippen molar-refractivity contribution in [3.8, 4) is 11.5 Å². The quantitative estimate of drug-likeness (QED) is 0.0847. The Morgan fingerprint density at radius 1 is 0.721 bits per heavy atom. The number of hydrogen-bond acceptors (Lipinski definition) is 6. The standard InChI is InChI=1S/C33H36NO3P.CH4O3S/c35-31-22-20-27(26-32(31)36)21-23-33(37)34-24-12-1-2-13-25-38(28-14-6-3-7-15-28,29-16-8-4-9-17-29)30-18-10-5-11-19-30;1-5(2,3)4/h3-11,14-20,22,26H,1-2,12-13,21,23-25H2,(H2-,34,35,36,37);1H3,(H,2,3,4). The zero-order valence-electron chi connectivity index (χ0n) is 24.4. The van der Waals surface area contributed by atoms with E-state index in [1.165, 1.54) is 28.0 Å². The largest absolute Gasteiger partial charge is 0.748 e. The molecule has 0 saturated carbocycles. The molecule has 0 aliphatic heterocycles. The lowest BCUT2D eigenvalue weighted by molar-refractivity contribution is -0.121. The molecule has 0 aliphatic rings. The van der Waals surface area contributed by atoms with Gasteiger partial charge in [-0.1, -0.05) is 67.1 Å². The second kappa shape index (κ2) is 16.8. The topological polar surface area (TPSA) is 127 Å². The van der Waals surface area contributed by atoms with Crippen LogP contribution in [-0.4, -0.2) is 48.1 Å². The minimum Gasteiger partial charge on any atom is -0.748 e. The minimum atomic E-state index is -3.92. The summed E-state index contributed by atoms with van der Waals surface area (Å²) in [6.45, 7) is 0.677. The van der Waals surface area contributed by atoms with Crippen LogP contribution in [0, 0.1) is 0 Å². The van der Waals surface area contributed by atoms with E-state index < -0.39 is 17.4 Å². The molecule has 0 spiro atoms. The predicted octanol–water partition coefficient (Wildman–Crippen LogP) is 4.86. The van der Waals surface area contributed by atoms with Crippen molar-refractivity contribution in [3.05, 3.63) is 115 Å². The molecule has 0 radical (unpaired) electrons. The fraction of sp³-hybridized carbons (Fsp3) is 0.265. The summed E-state index contributed by atoms with van der Waals surface area (Å²) >= 11 is 0. The molecule has 0 fully saturated rings. The summed E-state index contributed by atoms with van der Waals surface area (Å²) < 4.78 is 27.2. The molecule has 9 heteroatoms. The molecule has 4 aromatic carbocycles. The first-order valence-corrected chi connectivity index (χ1v) is 18.1. The molecule has 0 bridgehead atoms. The summed E-state index contributed by atoms with van der Waals surface area (Å²) in [6, 6.07) is 37.7. The number of amides is 1. The molecule has 0 aromatic heterocycles. The zero-order chi connectivity index (χ0) is 31.1. The lowest BCUT2D eigenvalue weighted by atomic mass is 10.1. The average Bonchev–Trinajstić information content (AvgIpc) is 3.00. The van der Waals surface area contributed by atoms with Crippen molar-refractivity contribution in [1.29, 1.82) is 0 Å². The first-order valence-electron chi connectivity index (χ1n) is 14.3. The maximum Gasteiger partial charge on any atom is 0.220 e. The van der Waals surface area contributed by atoms with E-state index in [0.29, 0.717) is 25.6 Å². The van der Waals surface area contributed by atoms with Crippen molar-refractivity contribution in [2.24, 2.45) is 0 Å². The molecule has 4 aromatic rings. The number of nitrogens with one attached hydrogen (secondary N) is 1. The van der Waals surface area contributed by atoms with Gasteiger partial charge >= 0.3 is 0 Å². The van der Waals surface area contributed by atoms with E-state index in [9.17, 15) is 15.0 Å². The van der Waals surface area contributed by atoms with Crippen LogP contribution in [0.3, 0.4) is 0 Å². The van der Waals surface area contributed by atoms with E-state index in [0.717, 1.165) is 37.4 Å². The van der Waals surface area contributed by atoms with Gasteiger partial charge in [-0.15, -0.1) is 0 Å². The predicted molar refractivity (Wildman–Crippen MR) is 175 cm³/mol. The molecule has 0 heterocycles. The number of unbranched alkanes of at least 4 members (excludes halogenated alkanes) is 3. The Bertz CT molecular complexity index is 1410. The van der Waals surface area contributed by atoms with Crippen LogP contribution in [0.5, 0.6) is 11.5 Å². The number of carbonyl (C=O) groups is 1. The number of aryl methyl sites for hydroxylation is 1. The Labute approximate surface area is 255 Å². The molecule has 228 valence electrons. The molecule has 7 nitrogen and oxygen atoms in total. The molecule has 0 unspecified atom stereocenters. The molecule has 0 aliphatic carbocycles. The number of carbonyl (C=O) groups excluding carboxylic acids is 1. The molecule has 4 rings (SSSR count). The second-order valence-corrected chi connectivity index (χ2v) is 15.4. The van der Waals surface area contributed by atoms with Gasteiger partial charge in [0.05, 0.1) is 16.3 Å². The van der Waals surface area contributed by atoms with Gasteiger partial charge in [0.1, 0.15) is 23.2 Å². The number of hydrogen-bond donors (Lipinski definition) is 3. The van der Waals surface area contributed by atoms with Gasteiger partial charge in [0.15, 0.2) is 11.5 Å². The fourth-order valence-electron chi connectivity index (χ4n) is 5.01. The van der Waals surface area contributed by atoms with Crippen LogP contribution in [0.2, 0.25) is 0 Å². The van der Waals surface area contributed by atoms with Crippen LogP contribution in [0.15, 0.2) is 109 Å². The third kappa shape index (κ3) is 11.1. The van der Waals surface area contributed by atoms with Gasteiger partial charge in [-0.05, 0) is 79.8 Å². The molecular weight excluding hydrogens is 581 g/mol. The second-order valence-electron chi connectivity index (χ2n) is 10.3. The SMILES string of the molecule is CS(=O)(=O)[O-].O=C(CCc1ccc(O)c(O)c1)NCCCCCC[P+](c1ccccc1)(c1ccccc1)c1ccccc1. The monoisotopic (exact) mass is 621 g/mol. The highest BCUT2D eigenvalue weighted by atomic mass is 32.2. The third-order valence-electron chi connectivity index (χ3n) is 7.01. The fourth-order valence-corrected chi connectivity index (χ4v) is 9.42. The Kier molecular flexibility index (Phi) is 13.2. The number of rotatable bonds is 13. The molecular formula is C34H40NO6PS. The summed E-state index contributed by atoms with van der Waals surface area (Å²) in [5.74, 6) is -0.283. The van der Waals surface area contributed by atoms with Gasteiger partial charge in [-0.3, -0.25) is 4.79 Å². The van der Waals surface area contributed by atoms with E-state index in [1.807, 2.05) is 0 Å². The first kappa shape index (κ1) is 33.8. The highest BCUT2D eigenvalue weighted by molar-refractivity contribution is 7.95. The minimum absolute atomic E-state index is 0.0136. The highest BCUT2D eigenvalue weighted by Crippen LogP contribution is 2.56. The lowest BCUT2D eigenvalue weighted by Gasteiger charge is -2.27. The molecule has 0 saturated heterocycles. The molecule has 1 amide bonds. The number of phenolic OH excluding ortho intramolecular Hbond substituents is 2. The van der Waals surface area contributed by atoms with Gasteiger partial charge in [0.2, 0.25) is 5.91 Å². The maximum absolute atomic E-state index is 12.2. The van der Waals surface area contributed by atoms with Crippen LogP contribution >= 0.6 is 7.26 Å². The molecule has 3 N–H and O–H groups in total. The van der Waals surface area contributed by atoms with Gasteiger partial charge in [0.25, 0.3) is 0 Å². The van der Waals surface area contributed by atoms with Crippen molar-refractivity contribution in [3.63, 3.8) is 0 Å². The van der Waals surface area contributed by atoms with Crippen molar-refractivity contribution < 1.29 is 28.0 Å². The number of aromatic hydroxyl groups is 2. The van der Waals surface area contributed by atoms with E-state index in [1.54, 1.807) is 6.07 Å². The van der Waals surface area contributed by atoms with Crippen LogP contribution in [0.25, 0.3) is 0 Å². The van der Waals surface area contributed by atoms with Gasteiger partial charge < -0.3 is 20.1 Å². The smallest absolute Gasteiger partial charge is 0.220 e. The summed E-state index contributed by atoms with van der Waals surface area (Å²) in [5.41, 5.74) is 0.831. The van der Waals surface area contributed by atoms with Crippen molar-refractivity contribution >= 4 is 39.2 Å². The number of benzene rings is 4. The average molecular weight is 622 g/mol. The summed E-state index contributed by atoms with van der Waals surface area (Å²) in [5, 5.41) is 26.3. The van der Waals surface area contributed by atoms with Crippen LogP contribution in [0.4, 0.5) is 0 Å². The van der Waals surface area contributed by atoms with E-state index >= 15 is 0 Å². The maximum atomic E-state index is 12.2. The van der Waals surface area contributed by atoms with Gasteiger partial charge in [-0.25, -0.2) is 8.42 Å². The van der Waals surface area contributed by atoms with Crippen LogP contribution in [0.1, 0.15) is 37.7 Å². The van der Waals surface area contributed by atoms with E-state index in [-0.39, 0.29) is 17.4 Å². The van der Waals surface area contributed by atoms with Gasteiger partial charge in [0, 0.05) is 19.2 Å². The summed E-state index contributed by atoms with van der Waals surface area (Å²) in [7, 11) is -5.69. The normalized spacial score (nSPS) is 11.3. The number of phenols is 2. The van der Waals surface area contributed by atoms with E-state index in [4.69, 9.17) is 13.0 Å². The first-order chi connectivity index (χ1) is 20.6. The Balaban J connectivity index is 0.000000934. The van der Waals surface area contributed by atoms with Crippen LogP contribution < -0.4 is 21.2 Å². The van der Waals surface area contributed by atoms with Crippen LogP contribution in [-0.2, 0) is 21.3 Å². The summed E-state index contributed by atoms with van der Waals surface area (Å²) in [4.78, 5) is 12.2. The molecule has 0 atom stereocenters. The van der Waals surface area contributed by atoms with Crippen molar-refractivity contribution in [2.45, 2.75) is 38.5 Å². The van der Waals surface area contributed by atoms with Gasteiger partial charge in [-0.2, -0.15) is 0 Å². The molecule has 43 heavy (non-hydrogen) atoms.